The molecule has 4 rings (SSSR count). The zero-order valence-electron chi connectivity index (χ0n) is 20.9. The van der Waals surface area contributed by atoms with Gasteiger partial charge in [0.2, 0.25) is 5.91 Å². The summed E-state index contributed by atoms with van der Waals surface area (Å²) in [6, 6.07) is 20.7. The number of allylic oxidation sites excluding steroid dienone is 2. The van der Waals surface area contributed by atoms with E-state index in [4.69, 9.17) is 4.74 Å². The molecule has 38 heavy (non-hydrogen) atoms. The van der Waals surface area contributed by atoms with Crippen LogP contribution >= 0.6 is 39.0 Å². The number of thioether (sulfide) groups is 1. The third-order valence-electron chi connectivity index (χ3n) is 5.77. The van der Waals surface area contributed by atoms with Crippen molar-refractivity contribution in [1.82, 2.24) is 5.32 Å². The Morgan fingerprint density at radius 1 is 1.11 bits per heavy atom. The fraction of sp³-hybridized carbons (Fsp3) is 0.179. The molecular formula is C28H25BrN4O3S2. The number of amides is 2. The van der Waals surface area contributed by atoms with Crippen molar-refractivity contribution in [3.8, 4) is 11.8 Å². The first kappa shape index (κ1) is 27.5. The average molecular weight is 610 g/mol. The van der Waals surface area contributed by atoms with E-state index in [1.165, 1.54) is 23.1 Å². The number of rotatable bonds is 8. The van der Waals surface area contributed by atoms with E-state index in [9.17, 15) is 14.9 Å². The Hall–Kier alpha value is -3.52. The van der Waals surface area contributed by atoms with Crippen LogP contribution in [0.4, 0.5) is 11.4 Å². The van der Waals surface area contributed by atoms with Crippen LogP contribution in [0.5, 0.6) is 5.75 Å². The number of nitrogens with zero attached hydrogens (tertiary/aromatic N) is 1. The molecule has 3 aromatic rings. The Bertz CT molecular complexity index is 1470. The SMILES string of the molecule is COc1ccccc1NC(=O)C1=C(C)NC(SCC(=O)Nc2ccc(Br)cc2)=C(C#N)[C@@H]1c1ccc(C)s1. The number of benzene rings is 2. The van der Waals surface area contributed by atoms with Gasteiger partial charge in [-0.3, -0.25) is 9.59 Å². The first-order valence-corrected chi connectivity index (χ1v) is 14.2. The Balaban J connectivity index is 1.61. The molecule has 0 unspecified atom stereocenters. The summed E-state index contributed by atoms with van der Waals surface area (Å²) in [6.07, 6.45) is 0. The van der Waals surface area contributed by atoms with Gasteiger partial charge in [0.25, 0.3) is 5.91 Å². The van der Waals surface area contributed by atoms with Crippen LogP contribution in [0.2, 0.25) is 0 Å². The summed E-state index contributed by atoms with van der Waals surface area (Å²) in [5.41, 5.74) is 2.67. The number of nitrogens with one attached hydrogen (secondary N) is 3. The van der Waals surface area contributed by atoms with Crippen LogP contribution in [0, 0.1) is 18.3 Å². The van der Waals surface area contributed by atoms with Gasteiger partial charge < -0.3 is 20.7 Å². The second-order valence-corrected chi connectivity index (χ2v) is 11.6. The normalized spacial score (nSPS) is 15.0. The topological polar surface area (TPSA) is 103 Å². The number of carbonyl (C=O) groups is 2. The minimum absolute atomic E-state index is 0.0930. The zero-order valence-corrected chi connectivity index (χ0v) is 24.1. The first-order valence-electron chi connectivity index (χ1n) is 11.6. The molecule has 7 nitrogen and oxygen atoms in total. The van der Waals surface area contributed by atoms with E-state index in [0.717, 1.165) is 14.2 Å². The van der Waals surface area contributed by atoms with E-state index in [1.807, 2.05) is 43.3 Å². The highest BCUT2D eigenvalue weighted by Gasteiger charge is 2.36. The summed E-state index contributed by atoms with van der Waals surface area (Å²) in [5, 5.41) is 19.8. The molecule has 1 aliphatic rings. The Morgan fingerprint density at radius 3 is 2.50 bits per heavy atom. The smallest absolute Gasteiger partial charge is 0.254 e. The zero-order chi connectivity index (χ0) is 27.2. The number of ether oxygens (including phenoxy) is 1. The van der Waals surface area contributed by atoms with Gasteiger partial charge in [0.05, 0.1) is 41.1 Å². The van der Waals surface area contributed by atoms with Crippen molar-refractivity contribution in [2.45, 2.75) is 19.8 Å². The standard InChI is InChI=1S/C28H25BrN4O3S2/c1-16-8-13-23(38-16)26-20(14-30)28(37-15-24(34)32-19-11-9-18(29)10-12-19)31-17(2)25(26)27(35)33-21-6-4-5-7-22(21)36-3/h4-13,26,31H,15H2,1-3H3,(H,32,34)(H,33,35)/t26-/m1/s1. The number of methoxy groups -OCH3 is 1. The summed E-state index contributed by atoms with van der Waals surface area (Å²) in [6.45, 7) is 3.79. The summed E-state index contributed by atoms with van der Waals surface area (Å²) in [7, 11) is 1.54. The van der Waals surface area contributed by atoms with Crippen LogP contribution in [0.15, 0.2) is 87.0 Å². The van der Waals surface area contributed by atoms with Gasteiger partial charge in [-0.2, -0.15) is 5.26 Å². The third-order valence-corrected chi connectivity index (χ3v) is 8.38. The molecule has 0 saturated heterocycles. The lowest BCUT2D eigenvalue weighted by Crippen LogP contribution is -2.31. The molecule has 0 bridgehead atoms. The molecule has 2 amide bonds. The molecule has 0 saturated carbocycles. The number of halogens is 1. The second-order valence-electron chi connectivity index (χ2n) is 8.40. The molecule has 0 fully saturated rings. The summed E-state index contributed by atoms with van der Waals surface area (Å²) in [5.74, 6) is -0.480. The van der Waals surface area contributed by atoms with Crippen LogP contribution in [-0.4, -0.2) is 24.7 Å². The highest BCUT2D eigenvalue weighted by Crippen LogP contribution is 2.43. The number of anilines is 2. The third kappa shape index (κ3) is 6.30. The number of para-hydroxylation sites is 2. The lowest BCUT2D eigenvalue weighted by Gasteiger charge is -2.29. The second kappa shape index (κ2) is 12.3. The van der Waals surface area contributed by atoms with Gasteiger partial charge in [-0.25, -0.2) is 0 Å². The largest absolute Gasteiger partial charge is 0.495 e. The molecule has 2 aromatic carbocycles. The molecule has 194 valence electrons. The van der Waals surface area contributed by atoms with E-state index in [2.05, 4.69) is 37.9 Å². The van der Waals surface area contributed by atoms with Gasteiger partial charge in [-0.15, -0.1) is 11.3 Å². The monoisotopic (exact) mass is 608 g/mol. The van der Waals surface area contributed by atoms with E-state index in [-0.39, 0.29) is 17.6 Å². The van der Waals surface area contributed by atoms with Gasteiger partial charge in [-0.1, -0.05) is 39.8 Å². The van der Waals surface area contributed by atoms with Gasteiger partial charge >= 0.3 is 0 Å². The summed E-state index contributed by atoms with van der Waals surface area (Å²) < 4.78 is 6.31. The van der Waals surface area contributed by atoms with E-state index < -0.39 is 5.92 Å². The van der Waals surface area contributed by atoms with Crippen LogP contribution in [0.1, 0.15) is 22.6 Å². The van der Waals surface area contributed by atoms with Crippen molar-refractivity contribution < 1.29 is 14.3 Å². The molecule has 1 atom stereocenters. The number of thiophene rings is 1. The fourth-order valence-corrected chi connectivity index (χ4v) is 6.18. The van der Waals surface area contributed by atoms with Gasteiger partial charge in [-0.05, 0) is 62.4 Å². The van der Waals surface area contributed by atoms with Crippen molar-refractivity contribution in [2.75, 3.05) is 23.5 Å². The number of carbonyl (C=O) groups excluding carboxylic acids is 2. The number of nitriles is 1. The van der Waals surface area contributed by atoms with Crippen LogP contribution in [0.25, 0.3) is 0 Å². The van der Waals surface area contributed by atoms with Crippen LogP contribution in [0.3, 0.4) is 0 Å². The van der Waals surface area contributed by atoms with Gasteiger partial charge in [0, 0.05) is 31.2 Å². The van der Waals surface area contributed by atoms with Crippen LogP contribution < -0.4 is 20.7 Å². The van der Waals surface area contributed by atoms with Crippen molar-refractivity contribution in [3.63, 3.8) is 0 Å². The Labute approximate surface area is 238 Å². The molecule has 0 spiro atoms. The minimum atomic E-state index is -0.577. The molecule has 0 radical (unpaired) electrons. The number of hydrogen-bond acceptors (Lipinski definition) is 7. The predicted octanol–water partition coefficient (Wildman–Crippen LogP) is 6.53. The number of hydrogen-bond donors (Lipinski definition) is 3. The lowest BCUT2D eigenvalue weighted by atomic mass is 9.86. The number of aryl methyl sites for hydroxylation is 1. The van der Waals surface area contributed by atoms with E-state index >= 15 is 0 Å². The average Bonchev–Trinajstić information content (AvgIpc) is 3.34. The molecule has 1 aromatic heterocycles. The quantitative estimate of drug-likeness (QED) is 0.268. The molecule has 3 N–H and O–H groups in total. The fourth-order valence-electron chi connectivity index (χ4n) is 4.03. The maximum Gasteiger partial charge on any atom is 0.254 e. The summed E-state index contributed by atoms with van der Waals surface area (Å²) >= 11 is 6.15. The summed E-state index contributed by atoms with van der Waals surface area (Å²) in [4.78, 5) is 28.2. The molecular weight excluding hydrogens is 584 g/mol. The van der Waals surface area contributed by atoms with Crippen LogP contribution in [-0.2, 0) is 9.59 Å². The molecule has 0 aliphatic carbocycles. The highest BCUT2D eigenvalue weighted by molar-refractivity contribution is 9.10. The molecule has 1 aliphatic heterocycles. The van der Waals surface area contributed by atoms with Gasteiger partial charge in [0.1, 0.15) is 5.75 Å². The van der Waals surface area contributed by atoms with Gasteiger partial charge in [0.15, 0.2) is 0 Å². The lowest BCUT2D eigenvalue weighted by molar-refractivity contribution is -0.114. The molecule has 2 heterocycles. The first-order chi connectivity index (χ1) is 18.3. The van der Waals surface area contributed by atoms with E-state index in [0.29, 0.717) is 39.0 Å². The maximum atomic E-state index is 13.6. The minimum Gasteiger partial charge on any atom is -0.495 e. The highest BCUT2D eigenvalue weighted by atomic mass is 79.9. The van der Waals surface area contributed by atoms with Crippen molar-refractivity contribution in [3.05, 3.63) is 96.8 Å². The predicted molar refractivity (Wildman–Crippen MR) is 157 cm³/mol. The Kier molecular flexibility index (Phi) is 8.94. The van der Waals surface area contributed by atoms with Crippen molar-refractivity contribution in [2.24, 2.45) is 0 Å². The maximum absolute atomic E-state index is 13.6. The van der Waals surface area contributed by atoms with Crippen molar-refractivity contribution >= 4 is 62.2 Å². The number of dihydropyridines is 1. The molecule has 10 heteroatoms. The van der Waals surface area contributed by atoms with Crippen molar-refractivity contribution in [1.29, 1.82) is 5.26 Å². The Morgan fingerprint density at radius 2 is 1.84 bits per heavy atom. The van der Waals surface area contributed by atoms with E-state index in [1.54, 1.807) is 38.3 Å².